The Kier molecular flexibility index (Phi) is 2.60. The second kappa shape index (κ2) is 4.06. The van der Waals surface area contributed by atoms with Crippen LogP contribution < -0.4 is 5.73 Å². The average Bonchev–Trinajstić information content (AvgIpc) is 2.29. The highest BCUT2D eigenvalue weighted by atomic mass is 16.4. The highest BCUT2D eigenvalue weighted by molar-refractivity contribution is 5.97. The number of anilines is 1. The fourth-order valence-electron chi connectivity index (χ4n) is 1.65. The molecule has 0 bridgehead atoms. The minimum absolute atomic E-state index is 0.264. The van der Waals surface area contributed by atoms with E-state index in [1.807, 2.05) is 18.2 Å². The molecule has 0 amide bonds. The standard InChI is InChI=1S/C13H11NO2/c14-12-8-4-3-6-10(12)9-5-1-2-7-11(9)13(15)16/h1-8H,14H2,(H,15,16). The van der Waals surface area contributed by atoms with Gasteiger partial charge in [0.05, 0.1) is 5.56 Å². The number of rotatable bonds is 2. The van der Waals surface area contributed by atoms with Crippen molar-refractivity contribution in [2.45, 2.75) is 0 Å². The maximum Gasteiger partial charge on any atom is 0.336 e. The summed E-state index contributed by atoms with van der Waals surface area (Å²) >= 11 is 0. The largest absolute Gasteiger partial charge is 0.478 e. The molecule has 3 heteroatoms. The Morgan fingerprint density at radius 2 is 1.50 bits per heavy atom. The first kappa shape index (κ1) is 10.2. The second-order valence-corrected chi connectivity index (χ2v) is 3.44. The van der Waals surface area contributed by atoms with Gasteiger partial charge < -0.3 is 10.8 Å². The molecule has 16 heavy (non-hydrogen) atoms. The molecular weight excluding hydrogens is 202 g/mol. The summed E-state index contributed by atoms with van der Waals surface area (Å²) in [6.07, 6.45) is 0. The Morgan fingerprint density at radius 3 is 2.12 bits per heavy atom. The van der Waals surface area contributed by atoms with E-state index in [4.69, 9.17) is 10.8 Å². The van der Waals surface area contributed by atoms with Crippen molar-refractivity contribution in [3.05, 3.63) is 54.1 Å². The summed E-state index contributed by atoms with van der Waals surface area (Å²) < 4.78 is 0. The van der Waals surface area contributed by atoms with E-state index in [2.05, 4.69) is 0 Å². The lowest BCUT2D eigenvalue weighted by molar-refractivity contribution is 0.0698. The van der Waals surface area contributed by atoms with E-state index in [9.17, 15) is 4.79 Å². The molecule has 2 rings (SSSR count). The van der Waals surface area contributed by atoms with Crippen LogP contribution in [0.2, 0.25) is 0 Å². The zero-order valence-corrected chi connectivity index (χ0v) is 8.55. The van der Waals surface area contributed by atoms with Crippen molar-refractivity contribution < 1.29 is 9.90 Å². The third kappa shape index (κ3) is 1.75. The molecule has 0 unspecified atom stereocenters. The van der Waals surface area contributed by atoms with E-state index in [0.717, 1.165) is 5.56 Å². The highest BCUT2D eigenvalue weighted by Gasteiger charge is 2.11. The lowest BCUT2D eigenvalue weighted by Gasteiger charge is -2.08. The minimum Gasteiger partial charge on any atom is -0.478 e. The van der Waals surface area contributed by atoms with Gasteiger partial charge in [-0.15, -0.1) is 0 Å². The molecule has 0 aliphatic heterocycles. The molecule has 80 valence electrons. The number of hydrogen-bond donors (Lipinski definition) is 2. The van der Waals surface area contributed by atoms with Crippen molar-refractivity contribution in [2.75, 3.05) is 5.73 Å². The van der Waals surface area contributed by atoms with Crippen molar-refractivity contribution in [3.63, 3.8) is 0 Å². The number of benzene rings is 2. The summed E-state index contributed by atoms with van der Waals surface area (Å²) in [5.74, 6) is -0.946. The zero-order valence-electron chi connectivity index (χ0n) is 8.55. The van der Waals surface area contributed by atoms with Gasteiger partial charge in [0, 0.05) is 11.3 Å². The molecule has 2 aromatic rings. The normalized spacial score (nSPS) is 10.0. The SMILES string of the molecule is Nc1ccccc1-c1ccccc1C(=O)O. The van der Waals surface area contributed by atoms with Gasteiger partial charge in [-0.2, -0.15) is 0 Å². The fourth-order valence-corrected chi connectivity index (χ4v) is 1.65. The topological polar surface area (TPSA) is 63.3 Å². The van der Waals surface area contributed by atoms with Crippen molar-refractivity contribution in [1.29, 1.82) is 0 Å². The Hall–Kier alpha value is -2.29. The fraction of sp³-hybridized carbons (Fsp3) is 0. The zero-order chi connectivity index (χ0) is 11.5. The lowest BCUT2D eigenvalue weighted by Crippen LogP contribution is -2.00. The van der Waals surface area contributed by atoms with Crippen LogP contribution in [0.25, 0.3) is 11.1 Å². The van der Waals surface area contributed by atoms with Crippen LogP contribution in [-0.2, 0) is 0 Å². The predicted octanol–water partition coefficient (Wildman–Crippen LogP) is 2.63. The van der Waals surface area contributed by atoms with Gasteiger partial charge in [0.15, 0.2) is 0 Å². The monoisotopic (exact) mass is 213 g/mol. The molecule has 0 aliphatic rings. The molecule has 0 heterocycles. The Balaban J connectivity index is 2.65. The van der Waals surface area contributed by atoms with Crippen LogP contribution >= 0.6 is 0 Å². The van der Waals surface area contributed by atoms with Crippen molar-refractivity contribution >= 4 is 11.7 Å². The van der Waals surface area contributed by atoms with Crippen LogP contribution in [0.5, 0.6) is 0 Å². The van der Waals surface area contributed by atoms with Gasteiger partial charge in [0.2, 0.25) is 0 Å². The second-order valence-electron chi connectivity index (χ2n) is 3.44. The summed E-state index contributed by atoms with van der Waals surface area (Å²) in [5, 5.41) is 9.08. The molecule has 0 saturated heterocycles. The summed E-state index contributed by atoms with van der Waals surface area (Å²) in [6, 6.07) is 14.1. The number of nitrogens with two attached hydrogens (primary N) is 1. The molecule has 0 aromatic heterocycles. The molecule has 0 radical (unpaired) electrons. The number of para-hydroxylation sites is 1. The molecule has 0 fully saturated rings. The third-order valence-corrected chi connectivity index (χ3v) is 2.41. The van der Waals surface area contributed by atoms with E-state index >= 15 is 0 Å². The third-order valence-electron chi connectivity index (χ3n) is 2.41. The predicted molar refractivity (Wildman–Crippen MR) is 63.2 cm³/mol. The quantitative estimate of drug-likeness (QED) is 0.754. The Bertz CT molecular complexity index is 535. The van der Waals surface area contributed by atoms with Gasteiger partial charge in [0.25, 0.3) is 0 Å². The van der Waals surface area contributed by atoms with Gasteiger partial charge in [-0.3, -0.25) is 0 Å². The lowest BCUT2D eigenvalue weighted by atomic mass is 9.98. The van der Waals surface area contributed by atoms with Crippen LogP contribution in [0.15, 0.2) is 48.5 Å². The molecule has 2 aromatic carbocycles. The molecule has 0 aliphatic carbocycles. The van der Waals surface area contributed by atoms with Gasteiger partial charge in [0.1, 0.15) is 0 Å². The number of aromatic carboxylic acids is 1. The summed E-state index contributed by atoms with van der Waals surface area (Å²) in [7, 11) is 0. The number of carbonyl (C=O) groups is 1. The summed E-state index contributed by atoms with van der Waals surface area (Å²) in [5.41, 5.74) is 8.07. The first-order chi connectivity index (χ1) is 7.70. The van der Waals surface area contributed by atoms with E-state index in [-0.39, 0.29) is 5.56 Å². The smallest absolute Gasteiger partial charge is 0.336 e. The molecule has 0 saturated carbocycles. The summed E-state index contributed by atoms with van der Waals surface area (Å²) in [6.45, 7) is 0. The maximum atomic E-state index is 11.1. The van der Waals surface area contributed by atoms with E-state index in [0.29, 0.717) is 11.3 Å². The number of nitrogen functional groups attached to an aromatic ring is 1. The highest BCUT2D eigenvalue weighted by Crippen LogP contribution is 2.28. The molecular formula is C13H11NO2. The average molecular weight is 213 g/mol. The number of carboxylic acid groups (broad SMARTS) is 1. The molecule has 0 spiro atoms. The Labute approximate surface area is 93.1 Å². The first-order valence-corrected chi connectivity index (χ1v) is 4.87. The molecule has 0 atom stereocenters. The van der Waals surface area contributed by atoms with Crippen LogP contribution in [0.1, 0.15) is 10.4 Å². The van der Waals surface area contributed by atoms with Gasteiger partial charge in [-0.25, -0.2) is 4.79 Å². The van der Waals surface area contributed by atoms with Crippen LogP contribution in [0, 0.1) is 0 Å². The van der Waals surface area contributed by atoms with E-state index < -0.39 is 5.97 Å². The Morgan fingerprint density at radius 1 is 0.938 bits per heavy atom. The van der Waals surface area contributed by atoms with Gasteiger partial charge >= 0.3 is 5.97 Å². The van der Waals surface area contributed by atoms with E-state index in [1.54, 1.807) is 30.3 Å². The maximum absolute atomic E-state index is 11.1. The molecule has 3 N–H and O–H groups in total. The number of hydrogen-bond acceptors (Lipinski definition) is 2. The van der Waals surface area contributed by atoms with Crippen LogP contribution in [-0.4, -0.2) is 11.1 Å². The van der Waals surface area contributed by atoms with Crippen LogP contribution in [0.4, 0.5) is 5.69 Å². The van der Waals surface area contributed by atoms with Crippen molar-refractivity contribution in [1.82, 2.24) is 0 Å². The molecule has 3 nitrogen and oxygen atoms in total. The summed E-state index contributed by atoms with van der Waals surface area (Å²) in [4.78, 5) is 11.1. The van der Waals surface area contributed by atoms with Crippen LogP contribution in [0.3, 0.4) is 0 Å². The van der Waals surface area contributed by atoms with Crippen molar-refractivity contribution in [2.24, 2.45) is 0 Å². The first-order valence-electron chi connectivity index (χ1n) is 4.87. The van der Waals surface area contributed by atoms with Gasteiger partial charge in [-0.1, -0.05) is 36.4 Å². The minimum atomic E-state index is -0.946. The van der Waals surface area contributed by atoms with Gasteiger partial charge in [-0.05, 0) is 17.7 Å². The van der Waals surface area contributed by atoms with Crippen molar-refractivity contribution in [3.8, 4) is 11.1 Å². The van der Waals surface area contributed by atoms with E-state index in [1.165, 1.54) is 0 Å². The number of carboxylic acids is 1.